The zero-order valence-electron chi connectivity index (χ0n) is 11.8. The van der Waals surface area contributed by atoms with Crippen molar-refractivity contribution in [2.24, 2.45) is 5.73 Å². The fraction of sp³-hybridized carbons (Fsp3) is 0.312. The summed E-state index contributed by atoms with van der Waals surface area (Å²) >= 11 is 0. The Morgan fingerprint density at radius 3 is 2.75 bits per heavy atom. The van der Waals surface area contributed by atoms with Gasteiger partial charge in [0.25, 0.3) is 0 Å². The smallest absolute Gasteiger partial charge is 0.119 e. The fourth-order valence-corrected chi connectivity index (χ4v) is 2.04. The standard InChI is InChI=1S/C16H20N2O2/c1-12(17)16(14-6-4-8-18-10-14)20-11-13-5-3-7-15(9-13)19-2/h3-10,12,16H,11,17H2,1-2H3. The summed E-state index contributed by atoms with van der Waals surface area (Å²) in [4.78, 5) is 4.11. The average Bonchev–Trinajstić information content (AvgIpc) is 2.48. The first kappa shape index (κ1) is 14.5. The first-order valence-corrected chi connectivity index (χ1v) is 6.60. The lowest BCUT2D eigenvalue weighted by molar-refractivity contribution is 0.0256. The Balaban J connectivity index is 2.06. The maximum atomic E-state index is 6.01. The predicted octanol–water partition coefficient (Wildman–Crippen LogP) is 2.70. The van der Waals surface area contributed by atoms with Crippen LogP contribution in [-0.4, -0.2) is 18.1 Å². The van der Waals surface area contributed by atoms with Crippen LogP contribution in [0.15, 0.2) is 48.8 Å². The van der Waals surface area contributed by atoms with E-state index >= 15 is 0 Å². The van der Waals surface area contributed by atoms with Gasteiger partial charge in [0.2, 0.25) is 0 Å². The van der Waals surface area contributed by atoms with Crippen molar-refractivity contribution in [3.63, 3.8) is 0 Å². The summed E-state index contributed by atoms with van der Waals surface area (Å²) in [5.74, 6) is 0.824. The molecule has 0 bridgehead atoms. The van der Waals surface area contributed by atoms with Gasteiger partial charge in [-0.15, -0.1) is 0 Å². The Morgan fingerprint density at radius 1 is 1.25 bits per heavy atom. The van der Waals surface area contributed by atoms with Crippen molar-refractivity contribution in [1.82, 2.24) is 4.98 Å². The third-order valence-electron chi connectivity index (χ3n) is 3.05. The second-order valence-electron chi connectivity index (χ2n) is 4.73. The van der Waals surface area contributed by atoms with Gasteiger partial charge in [-0.3, -0.25) is 4.98 Å². The third kappa shape index (κ3) is 3.79. The van der Waals surface area contributed by atoms with Crippen LogP contribution in [0.25, 0.3) is 0 Å². The van der Waals surface area contributed by atoms with Gasteiger partial charge in [0.1, 0.15) is 5.75 Å². The van der Waals surface area contributed by atoms with Gasteiger partial charge in [-0.25, -0.2) is 0 Å². The van der Waals surface area contributed by atoms with E-state index < -0.39 is 0 Å². The highest BCUT2D eigenvalue weighted by Crippen LogP contribution is 2.22. The van der Waals surface area contributed by atoms with Crippen LogP contribution in [0.5, 0.6) is 5.75 Å². The lowest BCUT2D eigenvalue weighted by Crippen LogP contribution is -2.27. The van der Waals surface area contributed by atoms with Gasteiger partial charge < -0.3 is 15.2 Å². The molecule has 2 N–H and O–H groups in total. The lowest BCUT2D eigenvalue weighted by Gasteiger charge is -2.21. The van der Waals surface area contributed by atoms with E-state index in [1.54, 1.807) is 19.5 Å². The molecule has 1 heterocycles. The Kier molecular flexibility index (Phi) is 5.09. The molecule has 106 valence electrons. The Morgan fingerprint density at radius 2 is 2.10 bits per heavy atom. The van der Waals surface area contributed by atoms with Gasteiger partial charge in [-0.2, -0.15) is 0 Å². The number of ether oxygens (including phenoxy) is 2. The second kappa shape index (κ2) is 7.03. The van der Waals surface area contributed by atoms with E-state index in [9.17, 15) is 0 Å². The first-order chi connectivity index (χ1) is 9.70. The SMILES string of the molecule is COc1cccc(COC(c2cccnc2)C(C)N)c1. The third-order valence-corrected chi connectivity index (χ3v) is 3.05. The minimum atomic E-state index is -0.171. The molecule has 0 spiro atoms. The molecule has 20 heavy (non-hydrogen) atoms. The minimum absolute atomic E-state index is 0.107. The summed E-state index contributed by atoms with van der Waals surface area (Å²) in [6.45, 7) is 2.42. The molecule has 0 aliphatic heterocycles. The molecule has 0 radical (unpaired) electrons. The Hall–Kier alpha value is -1.91. The van der Waals surface area contributed by atoms with E-state index in [4.69, 9.17) is 15.2 Å². The van der Waals surface area contributed by atoms with Crippen molar-refractivity contribution in [1.29, 1.82) is 0 Å². The quantitative estimate of drug-likeness (QED) is 0.878. The lowest BCUT2D eigenvalue weighted by atomic mass is 10.1. The number of nitrogens with zero attached hydrogens (tertiary/aromatic N) is 1. The molecular weight excluding hydrogens is 252 g/mol. The van der Waals surface area contributed by atoms with Gasteiger partial charge in [-0.05, 0) is 30.7 Å². The number of methoxy groups -OCH3 is 1. The maximum Gasteiger partial charge on any atom is 0.119 e. The highest BCUT2D eigenvalue weighted by atomic mass is 16.5. The molecule has 0 saturated heterocycles. The summed E-state index contributed by atoms with van der Waals surface area (Å²) in [5, 5.41) is 0. The number of nitrogens with two attached hydrogens (primary N) is 1. The normalized spacial score (nSPS) is 13.8. The Labute approximate surface area is 119 Å². The van der Waals surface area contributed by atoms with E-state index in [1.807, 2.05) is 43.3 Å². The second-order valence-corrected chi connectivity index (χ2v) is 4.73. The van der Waals surface area contributed by atoms with E-state index in [0.717, 1.165) is 16.9 Å². The first-order valence-electron chi connectivity index (χ1n) is 6.60. The largest absolute Gasteiger partial charge is 0.497 e. The molecule has 0 saturated carbocycles. The van der Waals surface area contributed by atoms with Gasteiger partial charge >= 0.3 is 0 Å². The van der Waals surface area contributed by atoms with Crippen LogP contribution in [0.2, 0.25) is 0 Å². The topological polar surface area (TPSA) is 57.4 Å². The summed E-state index contributed by atoms with van der Waals surface area (Å²) in [5.41, 5.74) is 8.06. The van der Waals surface area contributed by atoms with Crippen molar-refractivity contribution in [3.05, 3.63) is 59.9 Å². The minimum Gasteiger partial charge on any atom is -0.497 e. The number of hydrogen-bond donors (Lipinski definition) is 1. The number of rotatable bonds is 6. The molecule has 2 aromatic rings. The predicted molar refractivity (Wildman–Crippen MR) is 78.4 cm³/mol. The van der Waals surface area contributed by atoms with Gasteiger partial charge in [0.15, 0.2) is 0 Å². The van der Waals surface area contributed by atoms with Crippen molar-refractivity contribution in [2.45, 2.75) is 25.7 Å². The molecule has 4 nitrogen and oxygen atoms in total. The van der Waals surface area contributed by atoms with Crippen LogP contribution in [0.4, 0.5) is 0 Å². The number of pyridine rings is 1. The van der Waals surface area contributed by atoms with Crippen molar-refractivity contribution in [2.75, 3.05) is 7.11 Å². The molecule has 2 atom stereocenters. The van der Waals surface area contributed by atoms with Crippen molar-refractivity contribution >= 4 is 0 Å². The fourth-order valence-electron chi connectivity index (χ4n) is 2.04. The molecule has 0 aliphatic rings. The molecule has 4 heteroatoms. The van der Waals surface area contributed by atoms with Crippen molar-refractivity contribution in [3.8, 4) is 5.75 Å². The molecule has 0 amide bonds. The average molecular weight is 272 g/mol. The van der Waals surface area contributed by atoms with Crippen LogP contribution in [0.1, 0.15) is 24.2 Å². The molecular formula is C16H20N2O2. The van der Waals surface area contributed by atoms with Crippen molar-refractivity contribution < 1.29 is 9.47 Å². The van der Waals surface area contributed by atoms with Crippen LogP contribution in [0, 0.1) is 0 Å². The van der Waals surface area contributed by atoms with Crippen LogP contribution >= 0.6 is 0 Å². The van der Waals surface area contributed by atoms with E-state index in [1.165, 1.54) is 0 Å². The van der Waals surface area contributed by atoms with Crippen LogP contribution < -0.4 is 10.5 Å². The van der Waals surface area contributed by atoms with Crippen LogP contribution in [0.3, 0.4) is 0 Å². The highest BCUT2D eigenvalue weighted by molar-refractivity contribution is 5.28. The monoisotopic (exact) mass is 272 g/mol. The summed E-state index contributed by atoms with van der Waals surface area (Å²) < 4.78 is 11.2. The molecule has 2 rings (SSSR count). The van der Waals surface area contributed by atoms with Crippen LogP contribution in [-0.2, 0) is 11.3 Å². The number of hydrogen-bond acceptors (Lipinski definition) is 4. The van der Waals surface area contributed by atoms with Gasteiger partial charge in [-0.1, -0.05) is 18.2 Å². The maximum absolute atomic E-state index is 6.01. The number of aromatic nitrogens is 1. The molecule has 0 fully saturated rings. The van der Waals surface area contributed by atoms with Gasteiger partial charge in [0.05, 0.1) is 19.8 Å². The highest BCUT2D eigenvalue weighted by Gasteiger charge is 2.17. The zero-order valence-corrected chi connectivity index (χ0v) is 11.8. The molecule has 0 aliphatic carbocycles. The molecule has 1 aromatic heterocycles. The van der Waals surface area contributed by atoms with E-state index in [-0.39, 0.29) is 12.1 Å². The van der Waals surface area contributed by atoms with E-state index in [2.05, 4.69) is 4.98 Å². The summed E-state index contributed by atoms with van der Waals surface area (Å²) in [6.07, 6.45) is 3.36. The summed E-state index contributed by atoms with van der Waals surface area (Å²) in [7, 11) is 1.65. The molecule has 1 aromatic carbocycles. The Bertz CT molecular complexity index is 529. The summed E-state index contributed by atoms with van der Waals surface area (Å²) in [6, 6.07) is 11.6. The zero-order chi connectivity index (χ0) is 14.4. The van der Waals surface area contributed by atoms with Gasteiger partial charge in [0, 0.05) is 24.0 Å². The molecule has 2 unspecified atom stereocenters. The number of benzene rings is 1. The van der Waals surface area contributed by atoms with E-state index in [0.29, 0.717) is 6.61 Å².